The molecule has 2 saturated heterocycles. The average molecular weight is 362 g/mol. The van der Waals surface area contributed by atoms with E-state index in [0.29, 0.717) is 30.5 Å². The SMILES string of the molecule is O=C(CC1CCCC1)NC1CCC(C(=O)NC2CC3CCC(C2)N3)CC1. The number of carbonyl (C=O) groups is 2. The van der Waals surface area contributed by atoms with Crippen molar-refractivity contribution in [3.05, 3.63) is 0 Å². The lowest BCUT2D eigenvalue weighted by molar-refractivity contribution is -0.127. The number of nitrogens with one attached hydrogen (secondary N) is 3. The molecule has 4 aliphatic rings. The number of fused-ring (bicyclic) bond motifs is 2. The van der Waals surface area contributed by atoms with Crippen molar-refractivity contribution in [2.45, 2.75) is 108 Å². The lowest BCUT2D eigenvalue weighted by Crippen LogP contribution is -2.50. The molecule has 0 aromatic heterocycles. The van der Waals surface area contributed by atoms with Crippen LogP contribution in [0.25, 0.3) is 0 Å². The lowest BCUT2D eigenvalue weighted by atomic mass is 9.85. The molecular weight excluding hydrogens is 326 g/mol. The second-order valence-corrected chi connectivity index (χ2v) is 9.29. The molecular formula is C21H35N3O2. The van der Waals surface area contributed by atoms with Crippen LogP contribution < -0.4 is 16.0 Å². The van der Waals surface area contributed by atoms with Gasteiger partial charge in [0, 0.05) is 36.5 Å². The fraction of sp³-hybridized carbons (Fsp3) is 0.905. The summed E-state index contributed by atoms with van der Waals surface area (Å²) in [5.41, 5.74) is 0. The molecule has 0 aromatic rings. The molecule has 4 rings (SSSR count). The van der Waals surface area contributed by atoms with E-state index in [-0.39, 0.29) is 23.8 Å². The van der Waals surface area contributed by atoms with Gasteiger partial charge in [0.1, 0.15) is 0 Å². The normalized spacial score (nSPS) is 37.5. The predicted molar refractivity (Wildman–Crippen MR) is 102 cm³/mol. The van der Waals surface area contributed by atoms with Gasteiger partial charge in [-0.3, -0.25) is 9.59 Å². The van der Waals surface area contributed by atoms with Crippen LogP contribution in [0.2, 0.25) is 0 Å². The summed E-state index contributed by atoms with van der Waals surface area (Å²) in [5, 5.41) is 10.2. The highest BCUT2D eigenvalue weighted by Crippen LogP contribution is 2.30. The molecule has 2 amide bonds. The molecule has 5 nitrogen and oxygen atoms in total. The molecule has 2 heterocycles. The minimum absolute atomic E-state index is 0.144. The minimum Gasteiger partial charge on any atom is -0.353 e. The van der Waals surface area contributed by atoms with E-state index in [2.05, 4.69) is 16.0 Å². The van der Waals surface area contributed by atoms with E-state index >= 15 is 0 Å². The van der Waals surface area contributed by atoms with Crippen molar-refractivity contribution >= 4 is 11.8 Å². The number of hydrogen-bond acceptors (Lipinski definition) is 3. The number of carbonyl (C=O) groups excluding carboxylic acids is 2. The summed E-state index contributed by atoms with van der Waals surface area (Å²) in [5.74, 6) is 1.24. The fourth-order valence-corrected chi connectivity index (χ4v) is 5.76. The van der Waals surface area contributed by atoms with Crippen molar-refractivity contribution in [3.63, 3.8) is 0 Å². The zero-order valence-corrected chi connectivity index (χ0v) is 16.0. The number of hydrogen-bond donors (Lipinski definition) is 3. The molecule has 146 valence electrons. The second kappa shape index (κ2) is 8.28. The summed E-state index contributed by atoms with van der Waals surface area (Å²) in [7, 11) is 0. The molecule has 0 spiro atoms. The van der Waals surface area contributed by atoms with E-state index in [1.807, 2.05) is 0 Å². The predicted octanol–water partition coefficient (Wildman–Crippen LogP) is 2.64. The number of piperidine rings is 1. The van der Waals surface area contributed by atoms with Crippen LogP contribution in [0.4, 0.5) is 0 Å². The van der Waals surface area contributed by atoms with Crippen molar-refractivity contribution in [1.29, 1.82) is 0 Å². The first-order chi connectivity index (χ1) is 12.7. The first kappa shape index (κ1) is 18.3. The zero-order valence-electron chi connectivity index (χ0n) is 16.0. The third-order valence-electron chi connectivity index (χ3n) is 7.23. The van der Waals surface area contributed by atoms with Crippen LogP contribution in [0, 0.1) is 11.8 Å². The Balaban J connectivity index is 1.16. The Kier molecular flexibility index (Phi) is 5.82. The van der Waals surface area contributed by atoms with E-state index in [4.69, 9.17) is 0 Å². The van der Waals surface area contributed by atoms with E-state index in [9.17, 15) is 9.59 Å². The van der Waals surface area contributed by atoms with Gasteiger partial charge in [-0.15, -0.1) is 0 Å². The molecule has 2 aliphatic heterocycles. The molecule has 2 bridgehead atoms. The molecule has 2 saturated carbocycles. The minimum atomic E-state index is 0.144. The largest absolute Gasteiger partial charge is 0.353 e. The van der Waals surface area contributed by atoms with Crippen molar-refractivity contribution in [2.24, 2.45) is 11.8 Å². The third kappa shape index (κ3) is 4.59. The molecule has 2 atom stereocenters. The Hall–Kier alpha value is -1.10. The van der Waals surface area contributed by atoms with Crippen LogP contribution in [0.3, 0.4) is 0 Å². The highest BCUT2D eigenvalue weighted by molar-refractivity contribution is 5.79. The standard InChI is InChI=1S/C21H35N3O2/c25-20(11-14-3-1-2-4-14)23-16-7-5-15(6-8-16)21(26)24-19-12-17-9-10-18(13-19)22-17/h14-19,22H,1-13H2,(H,23,25)(H,24,26). The third-order valence-corrected chi connectivity index (χ3v) is 7.23. The topological polar surface area (TPSA) is 70.2 Å². The molecule has 3 N–H and O–H groups in total. The van der Waals surface area contributed by atoms with Crippen molar-refractivity contribution in [2.75, 3.05) is 0 Å². The van der Waals surface area contributed by atoms with Crippen LogP contribution in [0.15, 0.2) is 0 Å². The Morgan fingerprint density at radius 3 is 2.08 bits per heavy atom. The van der Waals surface area contributed by atoms with E-state index in [0.717, 1.165) is 38.5 Å². The fourth-order valence-electron chi connectivity index (χ4n) is 5.76. The lowest BCUT2D eigenvalue weighted by Gasteiger charge is -2.33. The smallest absolute Gasteiger partial charge is 0.223 e. The molecule has 0 radical (unpaired) electrons. The average Bonchev–Trinajstić information content (AvgIpc) is 3.25. The number of rotatable bonds is 5. The van der Waals surface area contributed by atoms with Crippen LogP contribution in [0.1, 0.15) is 83.5 Å². The van der Waals surface area contributed by atoms with Crippen molar-refractivity contribution in [3.8, 4) is 0 Å². The Morgan fingerprint density at radius 2 is 1.42 bits per heavy atom. The van der Waals surface area contributed by atoms with E-state index in [1.54, 1.807) is 0 Å². The molecule has 0 aromatic carbocycles. The molecule has 2 aliphatic carbocycles. The van der Waals surface area contributed by atoms with Gasteiger partial charge in [0.25, 0.3) is 0 Å². The summed E-state index contributed by atoms with van der Waals surface area (Å²) in [6.07, 6.45) is 14.2. The summed E-state index contributed by atoms with van der Waals surface area (Å²) in [4.78, 5) is 24.9. The summed E-state index contributed by atoms with van der Waals surface area (Å²) in [6, 6.07) is 1.88. The molecule has 5 heteroatoms. The summed E-state index contributed by atoms with van der Waals surface area (Å²) >= 11 is 0. The van der Waals surface area contributed by atoms with Crippen molar-refractivity contribution in [1.82, 2.24) is 16.0 Å². The first-order valence-electron chi connectivity index (χ1n) is 11.0. The second-order valence-electron chi connectivity index (χ2n) is 9.29. The molecule has 4 fully saturated rings. The van der Waals surface area contributed by atoms with E-state index in [1.165, 1.54) is 38.5 Å². The van der Waals surface area contributed by atoms with Gasteiger partial charge in [-0.25, -0.2) is 0 Å². The maximum absolute atomic E-state index is 12.6. The molecule has 2 unspecified atom stereocenters. The maximum atomic E-state index is 12.6. The van der Waals surface area contributed by atoms with Crippen LogP contribution >= 0.6 is 0 Å². The van der Waals surface area contributed by atoms with Gasteiger partial charge < -0.3 is 16.0 Å². The first-order valence-corrected chi connectivity index (χ1v) is 11.0. The van der Waals surface area contributed by atoms with Gasteiger partial charge in [0.05, 0.1) is 0 Å². The number of amides is 2. The van der Waals surface area contributed by atoms with Gasteiger partial charge in [-0.1, -0.05) is 12.8 Å². The summed E-state index contributed by atoms with van der Waals surface area (Å²) < 4.78 is 0. The van der Waals surface area contributed by atoms with Gasteiger partial charge in [0.15, 0.2) is 0 Å². The Bertz CT molecular complexity index is 497. The van der Waals surface area contributed by atoms with E-state index < -0.39 is 0 Å². The summed E-state index contributed by atoms with van der Waals surface area (Å²) in [6.45, 7) is 0. The van der Waals surface area contributed by atoms with Gasteiger partial charge >= 0.3 is 0 Å². The Morgan fingerprint density at radius 1 is 0.769 bits per heavy atom. The zero-order chi connectivity index (χ0) is 17.9. The van der Waals surface area contributed by atoms with Crippen LogP contribution in [0.5, 0.6) is 0 Å². The Labute approximate surface area is 157 Å². The maximum Gasteiger partial charge on any atom is 0.223 e. The highest BCUT2D eigenvalue weighted by Gasteiger charge is 2.35. The van der Waals surface area contributed by atoms with Crippen LogP contribution in [-0.2, 0) is 9.59 Å². The highest BCUT2D eigenvalue weighted by atomic mass is 16.2. The van der Waals surface area contributed by atoms with Gasteiger partial charge in [0.2, 0.25) is 11.8 Å². The van der Waals surface area contributed by atoms with Gasteiger partial charge in [-0.05, 0) is 70.1 Å². The monoisotopic (exact) mass is 361 g/mol. The van der Waals surface area contributed by atoms with Crippen molar-refractivity contribution < 1.29 is 9.59 Å². The quantitative estimate of drug-likeness (QED) is 0.705. The van der Waals surface area contributed by atoms with Gasteiger partial charge in [-0.2, -0.15) is 0 Å². The molecule has 26 heavy (non-hydrogen) atoms. The van der Waals surface area contributed by atoms with Crippen LogP contribution in [-0.4, -0.2) is 36.0 Å².